The van der Waals surface area contributed by atoms with Gasteiger partial charge in [0.1, 0.15) is 18.0 Å². The number of fused-ring (bicyclic) bond motifs is 1. The fourth-order valence-electron chi connectivity index (χ4n) is 7.17. The molecule has 4 aromatic rings. The molecule has 264 valence electrons. The minimum absolute atomic E-state index is 0.114. The van der Waals surface area contributed by atoms with Gasteiger partial charge in [-0.05, 0) is 85.7 Å². The molecule has 1 fully saturated rings. The van der Waals surface area contributed by atoms with Crippen LogP contribution in [0, 0.1) is 28.5 Å². The molecular weight excluding hydrogens is 640 g/mol. The molecule has 0 bridgehead atoms. The lowest BCUT2D eigenvalue weighted by atomic mass is 9.63. The number of piperidine rings is 1. The van der Waals surface area contributed by atoms with Crippen LogP contribution in [0.1, 0.15) is 72.1 Å². The van der Waals surface area contributed by atoms with Crippen molar-refractivity contribution in [3.8, 4) is 11.5 Å². The molecule has 1 amide bonds. The number of nitrogens with one attached hydrogen (secondary N) is 2. The molecule has 1 aliphatic rings. The number of carbonyl (C=O) groups is 1. The Labute approximate surface area is 294 Å². The average molecular weight is 691 g/mol. The third kappa shape index (κ3) is 10.1. The molecule has 5 rings (SSSR count). The molecule has 0 atom stereocenters. The van der Waals surface area contributed by atoms with Crippen LogP contribution in [0.15, 0.2) is 48.9 Å². The van der Waals surface area contributed by atoms with E-state index in [0.29, 0.717) is 57.0 Å². The second-order valence-corrected chi connectivity index (χ2v) is 16.4. The van der Waals surface area contributed by atoms with Crippen LogP contribution in [-0.4, -0.2) is 59.1 Å². The van der Waals surface area contributed by atoms with Crippen molar-refractivity contribution in [1.29, 1.82) is 0 Å². The predicted octanol–water partition coefficient (Wildman–Crippen LogP) is 8.74. The van der Waals surface area contributed by atoms with Crippen LogP contribution in [0.5, 0.6) is 11.5 Å². The Morgan fingerprint density at radius 1 is 1.04 bits per heavy atom. The number of anilines is 3. The lowest BCUT2D eigenvalue weighted by molar-refractivity contribution is -0.115. The van der Waals surface area contributed by atoms with Gasteiger partial charge in [0, 0.05) is 34.8 Å². The monoisotopic (exact) mass is 690 g/mol. The molecule has 0 unspecified atom stereocenters. The van der Waals surface area contributed by atoms with Gasteiger partial charge in [0.15, 0.2) is 16.6 Å². The van der Waals surface area contributed by atoms with Crippen molar-refractivity contribution >= 4 is 44.8 Å². The number of carbonyl (C=O) groups excluding carboxylic acids is 1. The first-order chi connectivity index (χ1) is 23.3. The summed E-state index contributed by atoms with van der Waals surface area (Å²) >= 11 is 1.34. The number of thiazole rings is 1. The van der Waals surface area contributed by atoms with Gasteiger partial charge in [0.25, 0.3) is 0 Å². The summed E-state index contributed by atoms with van der Waals surface area (Å²) in [6.07, 6.45) is 8.04. The number of methoxy groups -OCH3 is 1. The lowest BCUT2D eigenvalue weighted by Gasteiger charge is -2.44. The van der Waals surface area contributed by atoms with Crippen molar-refractivity contribution in [1.82, 2.24) is 19.9 Å². The van der Waals surface area contributed by atoms with Crippen LogP contribution in [0.2, 0.25) is 0 Å². The number of aromatic nitrogens is 3. The fourth-order valence-corrected chi connectivity index (χ4v) is 7.98. The highest BCUT2D eigenvalue weighted by atomic mass is 32.1. The van der Waals surface area contributed by atoms with Gasteiger partial charge in [0.05, 0.1) is 25.7 Å². The molecule has 0 saturated carbocycles. The van der Waals surface area contributed by atoms with Crippen LogP contribution in [-0.2, 0) is 11.2 Å². The van der Waals surface area contributed by atoms with E-state index in [-0.39, 0.29) is 12.3 Å². The maximum absolute atomic E-state index is 13.5. The Morgan fingerprint density at radius 3 is 2.49 bits per heavy atom. The number of halogens is 1. The molecule has 1 saturated heterocycles. The molecule has 9 nitrogen and oxygen atoms in total. The zero-order valence-electron chi connectivity index (χ0n) is 29.9. The molecule has 2 aromatic carbocycles. The van der Waals surface area contributed by atoms with E-state index in [2.05, 4.69) is 72.0 Å². The summed E-state index contributed by atoms with van der Waals surface area (Å²) in [6, 6.07) is 9.57. The van der Waals surface area contributed by atoms with Crippen molar-refractivity contribution in [2.75, 3.05) is 44.0 Å². The van der Waals surface area contributed by atoms with Gasteiger partial charge in [-0.1, -0.05) is 47.6 Å². The van der Waals surface area contributed by atoms with Crippen molar-refractivity contribution < 1.29 is 18.7 Å². The zero-order valence-corrected chi connectivity index (χ0v) is 30.8. The Balaban J connectivity index is 1.12. The summed E-state index contributed by atoms with van der Waals surface area (Å²) in [4.78, 5) is 29.2. The second-order valence-electron chi connectivity index (χ2n) is 15.2. The summed E-state index contributed by atoms with van der Waals surface area (Å²) < 4.78 is 25.4. The van der Waals surface area contributed by atoms with Gasteiger partial charge in [-0.3, -0.25) is 4.79 Å². The van der Waals surface area contributed by atoms with Gasteiger partial charge in [0.2, 0.25) is 5.91 Å². The van der Waals surface area contributed by atoms with E-state index in [1.807, 2.05) is 12.1 Å². The second kappa shape index (κ2) is 15.8. The molecule has 2 aromatic heterocycles. The van der Waals surface area contributed by atoms with E-state index in [1.54, 1.807) is 25.4 Å². The molecule has 49 heavy (non-hydrogen) atoms. The highest BCUT2D eigenvalue weighted by Gasteiger charge is 2.37. The summed E-state index contributed by atoms with van der Waals surface area (Å²) in [6.45, 7) is 18.3. The van der Waals surface area contributed by atoms with Crippen molar-refractivity contribution in [2.24, 2.45) is 22.7 Å². The molecule has 1 aliphatic heterocycles. The van der Waals surface area contributed by atoms with Gasteiger partial charge < -0.3 is 25.0 Å². The number of ether oxygens (including phenoxy) is 2. The standard InChI is InChI=1S/C38H51FN6O3S/c1-37(2,3)33(38(4,5)6)18-25-12-15-45(16-13-25)14-9-17-48-32-22-30-29(21-31(32)47-7)35(42-24-41-30)44-36-40-23-28(49-36)20-34(46)43-27-11-8-10-26(39)19-27/h8,10-11,19,21-25,33H,9,12-18,20H2,1-7H3,(H,43,46)(H,40,41,42,44). The Bertz CT molecular complexity index is 1690. The SMILES string of the molecule is COc1cc2c(Nc3ncc(CC(=O)Nc4cccc(F)c4)s3)ncnc2cc1OCCCN1CCC(CC(C(C)(C)C)C(C)(C)C)CC1. The summed E-state index contributed by atoms with van der Waals surface area (Å²) in [5, 5.41) is 7.31. The smallest absolute Gasteiger partial charge is 0.229 e. The third-order valence-corrected chi connectivity index (χ3v) is 10.3. The molecule has 2 N–H and O–H groups in total. The normalized spacial score (nSPS) is 14.7. The van der Waals surface area contributed by atoms with Crippen LogP contribution in [0.25, 0.3) is 10.9 Å². The minimum atomic E-state index is -0.406. The molecular formula is C38H51FN6O3S. The topological polar surface area (TPSA) is 102 Å². The molecule has 11 heteroatoms. The van der Waals surface area contributed by atoms with Crippen molar-refractivity contribution in [3.63, 3.8) is 0 Å². The molecule has 0 radical (unpaired) electrons. The lowest BCUT2D eigenvalue weighted by Crippen LogP contribution is -2.39. The number of amides is 1. The van der Waals surface area contributed by atoms with E-state index in [4.69, 9.17) is 9.47 Å². The number of rotatable bonds is 13. The van der Waals surface area contributed by atoms with Gasteiger partial charge >= 0.3 is 0 Å². The number of benzene rings is 2. The Hall–Kier alpha value is -3.83. The third-order valence-electron chi connectivity index (χ3n) is 9.39. The number of hydrogen-bond acceptors (Lipinski definition) is 9. The highest BCUT2D eigenvalue weighted by molar-refractivity contribution is 7.15. The van der Waals surface area contributed by atoms with E-state index in [0.717, 1.165) is 42.2 Å². The van der Waals surface area contributed by atoms with E-state index in [1.165, 1.54) is 49.1 Å². The molecule has 0 aliphatic carbocycles. The first-order valence-corrected chi connectivity index (χ1v) is 18.0. The maximum Gasteiger partial charge on any atom is 0.229 e. The zero-order chi connectivity index (χ0) is 35.2. The molecule has 0 spiro atoms. The maximum atomic E-state index is 13.5. The average Bonchev–Trinajstić information content (AvgIpc) is 3.47. The van der Waals surface area contributed by atoms with Crippen molar-refractivity contribution in [3.05, 3.63) is 59.6 Å². The Kier molecular flexibility index (Phi) is 11.8. The van der Waals surface area contributed by atoms with Crippen LogP contribution in [0.4, 0.5) is 21.0 Å². The van der Waals surface area contributed by atoms with Crippen LogP contribution < -0.4 is 20.1 Å². The predicted molar refractivity (Wildman–Crippen MR) is 197 cm³/mol. The first-order valence-electron chi connectivity index (χ1n) is 17.2. The summed E-state index contributed by atoms with van der Waals surface area (Å²) in [7, 11) is 1.63. The minimum Gasteiger partial charge on any atom is -0.493 e. The van der Waals surface area contributed by atoms with E-state index in [9.17, 15) is 9.18 Å². The van der Waals surface area contributed by atoms with Crippen LogP contribution >= 0.6 is 11.3 Å². The van der Waals surface area contributed by atoms with E-state index >= 15 is 0 Å². The van der Waals surface area contributed by atoms with Gasteiger partial charge in [-0.15, -0.1) is 11.3 Å². The number of nitrogens with zero attached hydrogens (tertiary/aromatic N) is 4. The first kappa shape index (κ1) is 36.5. The molecule has 3 heterocycles. The Morgan fingerprint density at radius 2 is 1.80 bits per heavy atom. The highest BCUT2D eigenvalue weighted by Crippen LogP contribution is 2.45. The quantitative estimate of drug-likeness (QED) is 0.134. The van der Waals surface area contributed by atoms with Gasteiger partial charge in [-0.25, -0.2) is 19.3 Å². The van der Waals surface area contributed by atoms with Crippen LogP contribution in [0.3, 0.4) is 0 Å². The van der Waals surface area contributed by atoms with Gasteiger partial charge in [-0.2, -0.15) is 0 Å². The number of likely N-dealkylation sites (tertiary alicyclic amines) is 1. The fraction of sp³-hybridized carbons (Fsp3) is 0.526. The van der Waals surface area contributed by atoms with E-state index < -0.39 is 5.82 Å². The largest absolute Gasteiger partial charge is 0.493 e. The number of hydrogen-bond donors (Lipinski definition) is 2. The summed E-state index contributed by atoms with van der Waals surface area (Å²) in [5.41, 5.74) is 1.77. The van der Waals surface area contributed by atoms with Crippen molar-refractivity contribution in [2.45, 2.75) is 73.6 Å². The summed E-state index contributed by atoms with van der Waals surface area (Å²) in [5.74, 6) is 2.67.